The third kappa shape index (κ3) is 3.37. The Morgan fingerprint density at radius 2 is 2.04 bits per heavy atom. The number of hydrogen-bond donors (Lipinski definition) is 1. The van der Waals surface area contributed by atoms with E-state index < -0.39 is 5.97 Å². The summed E-state index contributed by atoms with van der Waals surface area (Å²) >= 11 is 0. The number of aromatic carboxylic acids is 1. The third-order valence-corrected chi connectivity index (χ3v) is 4.80. The molecule has 138 valence electrons. The van der Waals surface area contributed by atoms with Gasteiger partial charge in [-0.3, -0.25) is 4.79 Å². The third-order valence-electron chi connectivity index (χ3n) is 4.80. The molecule has 1 aromatic carbocycles. The van der Waals surface area contributed by atoms with E-state index in [-0.39, 0.29) is 29.4 Å². The molecule has 2 aromatic rings. The van der Waals surface area contributed by atoms with E-state index in [2.05, 4.69) is 0 Å². The first-order valence-electron chi connectivity index (χ1n) is 8.76. The Bertz CT molecular complexity index is 825. The number of nitrogens with zero attached hydrogens (tertiary/aromatic N) is 1. The summed E-state index contributed by atoms with van der Waals surface area (Å²) in [6, 6.07) is 9.15. The lowest BCUT2D eigenvalue weighted by molar-refractivity contribution is -0.0497. The predicted molar refractivity (Wildman–Crippen MR) is 95.4 cm³/mol. The lowest BCUT2D eigenvalue weighted by Crippen LogP contribution is -2.48. The zero-order valence-corrected chi connectivity index (χ0v) is 15.2. The maximum Gasteiger partial charge on any atom is 0.339 e. The van der Waals surface area contributed by atoms with Crippen molar-refractivity contribution in [2.24, 2.45) is 0 Å². The van der Waals surface area contributed by atoms with Crippen molar-refractivity contribution in [3.8, 4) is 0 Å². The summed E-state index contributed by atoms with van der Waals surface area (Å²) in [4.78, 5) is 26.0. The number of carboxylic acid groups (broad SMARTS) is 1. The van der Waals surface area contributed by atoms with Gasteiger partial charge in [-0.25, -0.2) is 4.79 Å². The summed E-state index contributed by atoms with van der Waals surface area (Å²) in [6.07, 6.45) is 0.204. The number of aryl methyl sites for hydroxylation is 2. The maximum atomic E-state index is 13.0. The summed E-state index contributed by atoms with van der Waals surface area (Å²) < 4.78 is 11.5. The van der Waals surface area contributed by atoms with Crippen molar-refractivity contribution < 1.29 is 23.8 Å². The van der Waals surface area contributed by atoms with Crippen molar-refractivity contribution in [1.82, 2.24) is 4.90 Å². The van der Waals surface area contributed by atoms with Crippen molar-refractivity contribution in [2.75, 3.05) is 13.2 Å². The fourth-order valence-electron chi connectivity index (χ4n) is 3.30. The highest BCUT2D eigenvalue weighted by Crippen LogP contribution is 2.29. The van der Waals surface area contributed by atoms with Gasteiger partial charge in [0.2, 0.25) is 0 Å². The highest BCUT2D eigenvalue weighted by Gasteiger charge is 2.33. The van der Waals surface area contributed by atoms with Crippen LogP contribution in [0.1, 0.15) is 57.8 Å². The van der Waals surface area contributed by atoms with Gasteiger partial charge in [0.15, 0.2) is 5.76 Å². The van der Waals surface area contributed by atoms with E-state index >= 15 is 0 Å². The van der Waals surface area contributed by atoms with Gasteiger partial charge in [0.25, 0.3) is 5.91 Å². The van der Waals surface area contributed by atoms with Gasteiger partial charge in [0, 0.05) is 12.5 Å². The first-order valence-corrected chi connectivity index (χ1v) is 8.76. The fraction of sp³-hybridized carbons (Fsp3) is 0.400. The molecule has 0 aliphatic carbocycles. The number of carbonyl (C=O) groups excluding carboxylic acids is 1. The average Bonchev–Trinajstić information content (AvgIpc) is 3.07. The minimum Gasteiger partial charge on any atom is -0.478 e. The summed E-state index contributed by atoms with van der Waals surface area (Å²) in [6.45, 7) is 6.54. The molecular weight excluding hydrogens is 334 g/mol. The van der Waals surface area contributed by atoms with Crippen LogP contribution in [0.15, 0.2) is 34.7 Å². The Morgan fingerprint density at radius 1 is 1.31 bits per heavy atom. The van der Waals surface area contributed by atoms with Crippen LogP contribution in [0.25, 0.3) is 0 Å². The van der Waals surface area contributed by atoms with Gasteiger partial charge in [0.1, 0.15) is 17.4 Å². The molecule has 1 aromatic heterocycles. The minimum absolute atomic E-state index is 0.0483. The molecule has 2 unspecified atom stereocenters. The molecule has 26 heavy (non-hydrogen) atoms. The van der Waals surface area contributed by atoms with Crippen LogP contribution in [0.3, 0.4) is 0 Å². The number of furan rings is 1. The highest BCUT2D eigenvalue weighted by molar-refractivity contribution is 5.96. The smallest absolute Gasteiger partial charge is 0.339 e. The molecule has 6 heteroatoms. The molecule has 0 saturated carbocycles. The van der Waals surface area contributed by atoms with Gasteiger partial charge in [-0.1, -0.05) is 31.2 Å². The Kier molecular flexibility index (Phi) is 5.13. The second-order valence-corrected chi connectivity index (χ2v) is 6.59. The Morgan fingerprint density at radius 3 is 2.65 bits per heavy atom. The summed E-state index contributed by atoms with van der Waals surface area (Å²) in [7, 11) is 0. The molecule has 1 N–H and O–H groups in total. The zero-order chi connectivity index (χ0) is 18.8. The SMILES string of the molecule is CCc1oc(C(=O)N2CC(c3ccccc3C)OCC2C)cc1C(=O)O. The zero-order valence-electron chi connectivity index (χ0n) is 15.2. The van der Waals surface area contributed by atoms with Crippen molar-refractivity contribution in [3.05, 3.63) is 58.5 Å². The Labute approximate surface area is 152 Å². The van der Waals surface area contributed by atoms with E-state index in [4.69, 9.17) is 9.15 Å². The van der Waals surface area contributed by atoms with Crippen LogP contribution in [0.5, 0.6) is 0 Å². The van der Waals surface area contributed by atoms with Gasteiger partial charge in [-0.15, -0.1) is 0 Å². The molecule has 2 atom stereocenters. The van der Waals surface area contributed by atoms with E-state index in [1.807, 2.05) is 38.1 Å². The first-order chi connectivity index (χ1) is 12.4. The number of morpholine rings is 1. The molecule has 1 fully saturated rings. The summed E-state index contributed by atoms with van der Waals surface area (Å²) in [5.74, 6) is -1.01. The predicted octanol–water partition coefficient (Wildman–Crippen LogP) is 3.45. The number of rotatable bonds is 4. The molecule has 1 amide bonds. The molecule has 0 spiro atoms. The van der Waals surface area contributed by atoms with Crippen molar-refractivity contribution >= 4 is 11.9 Å². The topological polar surface area (TPSA) is 80.0 Å². The average molecular weight is 357 g/mol. The number of carbonyl (C=O) groups is 2. The molecule has 1 aliphatic heterocycles. The summed E-state index contributed by atoms with van der Waals surface area (Å²) in [5.41, 5.74) is 2.21. The number of ether oxygens (including phenoxy) is 1. The first kappa shape index (κ1) is 18.2. The largest absolute Gasteiger partial charge is 0.478 e. The minimum atomic E-state index is -1.09. The molecule has 0 radical (unpaired) electrons. The lowest BCUT2D eigenvalue weighted by Gasteiger charge is -2.38. The standard InChI is InChI=1S/C20H23NO5/c1-4-16-15(20(23)24)9-17(26-16)19(22)21-10-18(25-11-13(21)3)14-8-6-5-7-12(14)2/h5-9,13,18H,4,10-11H2,1-3H3,(H,23,24). The van der Waals surface area contributed by atoms with Crippen LogP contribution in [0.4, 0.5) is 0 Å². The van der Waals surface area contributed by atoms with E-state index in [1.54, 1.807) is 11.8 Å². The molecular formula is C20H23NO5. The molecule has 3 rings (SSSR count). The Hall–Kier alpha value is -2.60. The number of hydrogen-bond acceptors (Lipinski definition) is 4. The van der Waals surface area contributed by atoms with Crippen molar-refractivity contribution in [3.63, 3.8) is 0 Å². The Balaban J connectivity index is 1.86. The normalized spacial score (nSPS) is 20.2. The monoisotopic (exact) mass is 357 g/mol. The van der Waals surface area contributed by atoms with Crippen LogP contribution in [-0.4, -0.2) is 41.1 Å². The fourth-order valence-corrected chi connectivity index (χ4v) is 3.30. The number of carboxylic acids is 1. The number of benzene rings is 1. The quantitative estimate of drug-likeness (QED) is 0.906. The summed E-state index contributed by atoms with van der Waals surface area (Å²) in [5, 5.41) is 9.27. The van der Waals surface area contributed by atoms with Gasteiger partial charge in [-0.05, 0) is 25.0 Å². The second kappa shape index (κ2) is 7.33. The van der Waals surface area contributed by atoms with Crippen LogP contribution >= 0.6 is 0 Å². The second-order valence-electron chi connectivity index (χ2n) is 6.59. The van der Waals surface area contributed by atoms with Gasteiger partial charge >= 0.3 is 5.97 Å². The van der Waals surface area contributed by atoms with E-state index in [9.17, 15) is 14.7 Å². The van der Waals surface area contributed by atoms with Gasteiger partial charge in [-0.2, -0.15) is 0 Å². The number of amides is 1. The lowest BCUT2D eigenvalue weighted by atomic mass is 10.0. The molecule has 1 aliphatic rings. The molecule has 2 heterocycles. The van der Waals surface area contributed by atoms with Crippen molar-refractivity contribution in [2.45, 2.75) is 39.3 Å². The van der Waals surface area contributed by atoms with Gasteiger partial charge < -0.3 is 19.2 Å². The van der Waals surface area contributed by atoms with E-state index in [0.717, 1.165) is 11.1 Å². The highest BCUT2D eigenvalue weighted by atomic mass is 16.5. The van der Waals surface area contributed by atoms with Gasteiger partial charge in [0.05, 0.1) is 19.2 Å². The van der Waals surface area contributed by atoms with Crippen LogP contribution in [0.2, 0.25) is 0 Å². The molecule has 0 bridgehead atoms. The maximum absolute atomic E-state index is 13.0. The van der Waals surface area contributed by atoms with E-state index in [0.29, 0.717) is 25.3 Å². The van der Waals surface area contributed by atoms with Crippen LogP contribution in [0, 0.1) is 6.92 Å². The molecule has 6 nitrogen and oxygen atoms in total. The van der Waals surface area contributed by atoms with Crippen LogP contribution in [-0.2, 0) is 11.2 Å². The molecule has 1 saturated heterocycles. The van der Waals surface area contributed by atoms with Crippen molar-refractivity contribution in [1.29, 1.82) is 0 Å². The van der Waals surface area contributed by atoms with Crippen LogP contribution < -0.4 is 0 Å². The van der Waals surface area contributed by atoms with E-state index in [1.165, 1.54) is 6.07 Å².